The molecule has 0 amide bonds. The lowest BCUT2D eigenvalue weighted by molar-refractivity contribution is -0.385. The zero-order valence-corrected chi connectivity index (χ0v) is 18.7. The highest BCUT2D eigenvalue weighted by molar-refractivity contribution is 7.89. The van der Waals surface area contributed by atoms with Gasteiger partial charge in [0.15, 0.2) is 0 Å². The lowest BCUT2D eigenvalue weighted by Gasteiger charge is -2.16. The Balaban J connectivity index is 2.26. The molecule has 34 heavy (non-hydrogen) atoms. The van der Waals surface area contributed by atoms with Gasteiger partial charge in [0.05, 0.1) is 37.4 Å². The summed E-state index contributed by atoms with van der Waals surface area (Å²) >= 11 is 0. The van der Waals surface area contributed by atoms with Gasteiger partial charge in [0.25, 0.3) is 5.69 Å². The van der Waals surface area contributed by atoms with Crippen LogP contribution in [0.25, 0.3) is 5.69 Å². The Morgan fingerprint density at radius 3 is 2.41 bits per heavy atom. The van der Waals surface area contributed by atoms with Crippen molar-refractivity contribution in [3.8, 4) is 17.2 Å². The van der Waals surface area contributed by atoms with E-state index in [1.165, 1.54) is 14.2 Å². The fraction of sp³-hybridized carbons (Fsp3) is 0.250. The molecular weight excluding hydrogens is 481 g/mol. The number of hydrogen-bond acceptors (Lipinski definition) is 7. The number of methoxy groups -OCH3 is 2. The quantitative estimate of drug-likeness (QED) is 0.370. The van der Waals surface area contributed by atoms with Crippen LogP contribution in [0.15, 0.2) is 47.6 Å². The molecule has 0 bridgehead atoms. The fourth-order valence-corrected chi connectivity index (χ4v) is 4.15. The lowest BCUT2D eigenvalue weighted by atomic mass is 10.0. The van der Waals surface area contributed by atoms with Gasteiger partial charge in [-0.1, -0.05) is 6.07 Å². The van der Waals surface area contributed by atoms with Crippen molar-refractivity contribution in [3.05, 3.63) is 69.5 Å². The predicted octanol–water partition coefficient (Wildman–Crippen LogP) is 3.14. The van der Waals surface area contributed by atoms with Crippen LogP contribution in [-0.2, 0) is 22.9 Å². The van der Waals surface area contributed by atoms with Gasteiger partial charge in [-0.3, -0.25) is 10.1 Å². The normalized spacial score (nSPS) is 11.9. The number of halogens is 3. The number of sulfonamides is 1. The van der Waals surface area contributed by atoms with Crippen LogP contribution < -0.4 is 14.6 Å². The molecule has 3 rings (SSSR count). The Kier molecular flexibility index (Phi) is 6.84. The zero-order valence-electron chi connectivity index (χ0n) is 17.9. The highest BCUT2D eigenvalue weighted by atomic mass is 32.2. The zero-order chi connectivity index (χ0) is 25.3. The van der Waals surface area contributed by atoms with E-state index < -0.39 is 38.1 Å². The molecular formula is C20H19F3N4O6S. The van der Waals surface area contributed by atoms with Crippen LogP contribution in [0.1, 0.15) is 16.7 Å². The number of nitro benzene ring substituents is 1. The second-order valence-electron chi connectivity index (χ2n) is 7.19. The van der Waals surface area contributed by atoms with Gasteiger partial charge in [-0.05, 0) is 22.8 Å². The summed E-state index contributed by atoms with van der Waals surface area (Å²) < 4.78 is 74.5. The topological polar surface area (TPSA) is 140 Å². The second kappa shape index (κ2) is 9.30. The smallest absolute Gasteiger partial charge is 0.393 e. The maximum atomic E-state index is 12.8. The highest BCUT2D eigenvalue weighted by Gasteiger charge is 2.30. The van der Waals surface area contributed by atoms with Crippen LogP contribution in [-0.4, -0.2) is 43.5 Å². The minimum Gasteiger partial charge on any atom is -0.497 e. The van der Waals surface area contributed by atoms with Crippen LogP contribution in [0, 0.1) is 10.1 Å². The molecule has 3 aromatic rings. The number of nitro groups is 1. The number of nitrogens with two attached hydrogens (primary N) is 1. The van der Waals surface area contributed by atoms with Crippen LogP contribution in [0.2, 0.25) is 0 Å². The first-order valence-corrected chi connectivity index (χ1v) is 11.0. The average molecular weight is 500 g/mol. The molecule has 2 aromatic carbocycles. The molecule has 0 fully saturated rings. The van der Waals surface area contributed by atoms with E-state index in [2.05, 4.69) is 5.10 Å². The number of primary sulfonamides is 1. The Hall–Kier alpha value is -3.65. The first kappa shape index (κ1) is 25.0. The molecule has 10 nitrogen and oxygen atoms in total. The predicted molar refractivity (Wildman–Crippen MR) is 114 cm³/mol. The van der Waals surface area contributed by atoms with Crippen molar-refractivity contribution in [2.45, 2.75) is 23.9 Å². The van der Waals surface area contributed by atoms with Crippen LogP contribution in [0.4, 0.5) is 18.9 Å². The summed E-state index contributed by atoms with van der Waals surface area (Å²) in [5.41, 5.74) is -0.451. The Morgan fingerprint density at radius 1 is 1.15 bits per heavy atom. The van der Waals surface area contributed by atoms with Crippen LogP contribution in [0.3, 0.4) is 0 Å². The van der Waals surface area contributed by atoms with Crippen molar-refractivity contribution in [1.82, 2.24) is 9.78 Å². The number of aromatic nitrogens is 2. The second-order valence-corrected chi connectivity index (χ2v) is 8.72. The molecule has 0 radical (unpaired) electrons. The minimum atomic E-state index is -4.54. The van der Waals surface area contributed by atoms with Crippen molar-refractivity contribution < 1.29 is 36.0 Å². The van der Waals surface area contributed by atoms with E-state index in [1.807, 2.05) is 0 Å². The number of ether oxygens (including phenoxy) is 2. The number of nitrogens with zero attached hydrogens (tertiary/aromatic N) is 3. The fourth-order valence-electron chi connectivity index (χ4n) is 3.37. The molecule has 0 aliphatic rings. The van der Waals surface area contributed by atoms with E-state index in [9.17, 15) is 31.7 Å². The molecule has 0 saturated heterocycles. The molecule has 0 spiro atoms. The molecule has 0 unspecified atom stereocenters. The summed E-state index contributed by atoms with van der Waals surface area (Å²) in [6.45, 7) is 0. The third-order valence-corrected chi connectivity index (χ3v) is 5.73. The molecule has 1 aromatic heterocycles. The van der Waals surface area contributed by atoms with Gasteiger partial charge < -0.3 is 9.47 Å². The van der Waals surface area contributed by atoms with Gasteiger partial charge in [-0.2, -0.15) is 18.3 Å². The summed E-state index contributed by atoms with van der Waals surface area (Å²) in [6, 6.07) is 6.62. The van der Waals surface area contributed by atoms with E-state index in [-0.39, 0.29) is 23.2 Å². The molecule has 2 N–H and O–H groups in total. The summed E-state index contributed by atoms with van der Waals surface area (Å²) in [7, 11) is -1.71. The Bertz CT molecular complexity index is 1340. The standard InChI is InChI=1S/C20H19F3N4O6S/c1-32-16-4-3-13(17(8-16)33-2)5-14-6-15(27(28)29)7-18(34(24,30)31)19(14)26-11-12(10-25-26)9-20(21,22)23/h3-4,6-8,10-11H,5,9H2,1-2H3,(H2,24,30,31). The number of rotatable bonds is 8. The van der Waals surface area contributed by atoms with Crippen molar-refractivity contribution in [2.75, 3.05) is 14.2 Å². The third kappa shape index (κ3) is 5.63. The number of alkyl halides is 3. The van der Waals surface area contributed by atoms with E-state index in [4.69, 9.17) is 14.6 Å². The average Bonchev–Trinajstić information content (AvgIpc) is 3.18. The van der Waals surface area contributed by atoms with Gasteiger partial charge in [0.2, 0.25) is 10.0 Å². The monoisotopic (exact) mass is 500 g/mol. The largest absolute Gasteiger partial charge is 0.497 e. The van der Waals surface area contributed by atoms with Gasteiger partial charge in [0.1, 0.15) is 16.4 Å². The minimum absolute atomic E-state index is 0.0725. The van der Waals surface area contributed by atoms with Crippen molar-refractivity contribution in [2.24, 2.45) is 5.14 Å². The van der Waals surface area contributed by atoms with Gasteiger partial charge in [-0.25, -0.2) is 18.2 Å². The van der Waals surface area contributed by atoms with Gasteiger partial charge >= 0.3 is 6.18 Å². The molecule has 0 aliphatic heterocycles. The molecule has 0 saturated carbocycles. The van der Waals surface area contributed by atoms with Gasteiger partial charge in [-0.15, -0.1) is 0 Å². The molecule has 0 atom stereocenters. The van der Waals surface area contributed by atoms with Crippen LogP contribution >= 0.6 is 0 Å². The number of hydrogen-bond donors (Lipinski definition) is 1. The molecule has 14 heteroatoms. The van der Waals surface area contributed by atoms with Gasteiger partial charge in [0, 0.05) is 30.8 Å². The van der Waals surface area contributed by atoms with E-state index in [1.54, 1.807) is 18.2 Å². The molecule has 182 valence electrons. The Labute approximate surface area is 191 Å². The number of benzene rings is 2. The van der Waals surface area contributed by atoms with E-state index >= 15 is 0 Å². The van der Waals surface area contributed by atoms with Crippen LogP contribution in [0.5, 0.6) is 11.5 Å². The summed E-state index contributed by atoms with van der Waals surface area (Å²) in [6.07, 6.45) is -3.99. The first-order chi connectivity index (χ1) is 15.8. The summed E-state index contributed by atoms with van der Waals surface area (Å²) in [5, 5.41) is 20.7. The van der Waals surface area contributed by atoms with Crippen molar-refractivity contribution in [1.29, 1.82) is 0 Å². The van der Waals surface area contributed by atoms with Crippen molar-refractivity contribution >= 4 is 15.7 Å². The Morgan fingerprint density at radius 2 is 1.85 bits per heavy atom. The summed E-state index contributed by atoms with van der Waals surface area (Å²) in [5.74, 6) is 0.807. The summed E-state index contributed by atoms with van der Waals surface area (Å²) in [4.78, 5) is 10.0. The maximum absolute atomic E-state index is 12.8. The highest BCUT2D eigenvalue weighted by Crippen LogP contribution is 2.34. The number of non-ortho nitro benzene ring substituents is 1. The first-order valence-electron chi connectivity index (χ1n) is 9.48. The third-order valence-electron chi connectivity index (χ3n) is 4.80. The lowest BCUT2D eigenvalue weighted by Crippen LogP contribution is -2.18. The van der Waals surface area contributed by atoms with E-state index in [0.29, 0.717) is 17.1 Å². The van der Waals surface area contributed by atoms with Crippen molar-refractivity contribution in [3.63, 3.8) is 0 Å². The SMILES string of the molecule is COc1ccc(Cc2cc([N+](=O)[O-])cc(S(N)(=O)=O)c2-n2cc(CC(F)(F)F)cn2)c(OC)c1. The maximum Gasteiger partial charge on any atom is 0.393 e. The molecule has 1 heterocycles. The van der Waals surface area contributed by atoms with E-state index in [0.717, 1.165) is 29.2 Å². The molecule has 0 aliphatic carbocycles.